The first-order chi connectivity index (χ1) is 16.5. The van der Waals surface area contributed by atoms with Crippen LogP contribution in [0.15, 0.2) is 42.2 Å². The first-order valence-electron chi connectivity index (χ1n) is 12.0. The first-order valence-corrected chi connectivity index (χ1v) is 12.6. The Labute approximate surface area is 205 Å². The lowest BCUT2D eigenvalue weighted by Gasteiger charge is -2.37. The van der Waals surface area contributed by atoms with Gasteiger partial charge >= 0.3 is 5.97 Å². The van der Waals surface area contributed by atoms with Crippen molar-refractivity contribution in [3.63, 3.8) is 0 Å². The molecular weight excluding hydrogens is 453 g/mol. The van der Waals surface area contributed by atoms with E-state index < -0.39 is 6.04 Å². The zero-order valence-corrected chi connectivity index (χ0v) is 20.4. The minimum absolute atomic E-state index is 0.0404. The van der Waals surface area contributed by atoms with E-state index in [2.05, 4.69) is 16.1 Å². The van der Waals surface area contributed by atoms with Crippen molar-refractivity contribution in [3.05, 3.63) is 59.2 Å². The SMILES string of the molecule is CCOC(=O)CCCn1cc(/C=C2/CN(C(C(=O)C3CC3)c3ccccc3F)CCC2S)cn1. The van der Waals surface area contributed by atoms with Crippen molar-refractivity contribution >= 4 is 30.5 Å². The van der Waals surface area contributed by atoms with E-state index >= 15 is 0 Å². The molecule has 1 aromatic heterocycles. The number of aromatic nitrogens is 2. The summed E-state index contributed by atoms with van der Waals surface area (Å²) < 4.78 is 21.5. The molecule has 2 unspecified atom stereocenters. The van der Waals surface area contributed by atoms with E-state index in [0.29, 0.717) is 44.6 Å². The summed E-state index contributed by atoms with van der Waals surface area (Å²) in [5.74, 6) is -0.360. The average Bonchev–Trinajstić information content (AvgIpc) is 3.58. The number of rotatable bonds is 10. The predicted octanol–water partition coefficient (Wildman–Crippen LogP) is 4.47. The molecule has 2 aromatic rings. The highest BCUT2D eigenvalue weighted by molar-refractivity contribution is 7.81. The van der Waals surface area contributed by atoms with E-state index in [1.54, 1.807) is 31.3 Å². The summed E-state index contributed by atoms with van der Waals surface area (Å²) in [6.45, 7) is 4.07. The van der Waals surface area contributed by atoms with Crippen molar-refractivity contribution < 1.29 is 18.7 Å². The fourth-order valence-corrected chi connectivity index (χ4v) is 4.75. The van der Waals surface area contributed by atoms with Crippen molar-refractivity contribution in [3.8, 4) is 0 Å². The van der Waals surface area contributed by atoms with E-state index in [9.17, 15) is 14.0 Å². The molecule has 1 saturated carbocycles. The second-order valence-electron chi connectivity index (χ2n) is 9.04. The Morgan fingerprint density at radius 2 is 2.09 bits per heavy atom. The van der Waals surface area contributed by atoms with Gasteiger partial charge in [0.25, 0.3) is 0 Å². The zero-order valence-electron chi connectivity index (χ0n) is 19.5. The van der Waals surface area contributed by atoms with Gasteiger partial charge in [0.05, 0.1) is 18.8 Å². The van der Waals surface area contributed by atoms with Crippen LogP contribution in [-0.2, 0) is 20.9 Å². The maximum atomic E-state index is 14.7. The molecule has 8 heteroatoms. The van der Waals surface area contributed by atoms with Gasteiger partial charge in [0, 0.05) is 54.5 Å². The van der Waals surface area contributed by atoms with Gasteiger partial charge in [-0.2, -0.15) is 17.7 Å². The molecule has 2 aliphatic rings. The van der Waals surface area contributed by atoms with Crippen molar-refractivity contribution in [2.75, 3.05) is 19.7 Å². The number of piperidine rings is 1. The molecule has 2 fully saturated rings. The number of ketones is 1. The average molecular weight is 486 g/mol. The summed E-state index contributed by atoms with van der Waals surface area (Å²) in [5, 5.41) is 4.47. The van der Waals surface area contributed by atoms with Crippen molar-refractivity contribution in [1.29, 1.82) is 0 Å². The van der Waals surface area contributed by atoms with Gasteiger partial charge < -0.3 is 4.74 Å². The number of halogens is 1. The van der Waals surface area contributed by atoms with E-state index in [1.807, 2.05) is 10.9 Å². The molecule has 0 bridgehead atoms. The van der Waals surface area contributed by atoms with Gasteiger partial charge in [-0.15, -0.1) is 0 Å². The number of esters is 1. The normalized spacial score (nSPS) is 20.9. The molecule has 1 aliphatic heterocycles. The van der Waals surface area contributed by atoms with Crippen LogP contribution in [0.25, 0.3) is 6.08 Å². The van der Waals surface area contributed by atoms with Crippen LogP contribution in [-0.4, -0.2) is 51.4 Å². The van der Waals surface area contributed by atoms with Crippen LogP contribution in [0.1, 0.15) is 56.2 Å². The van der Waals surface area contributed by atoms with Gasteiger partial charge in [0.2, 0.25) is 0 Å². The highest BCUT2D eigenvalue weighted by atomic mass is 32.1. The van der Waals surface area contributed by atoms with Gasteiger partial charge in [0.1, 0.15) is 5.82 Å². The fraction of sp³-hybridized carbons (Fsp3) is 0.500. The number of Topliss-reactive ketones (excluding diaryl/α,β-unsaturated/α-hetero) is 1. The van der Waals surface area contributed by atoms with Gasteiger partial charge in [-0.25, -0.2) is 4.39 Å². The van der Waals surface area contributed by atoms with Crippen LogP contribution in [0.3, 0.4) is 0 Å². The monoisotopic (exact) mass is 485 g/mol. The number of aryl methyl sites for hydroxylation is 1. The molecule has 0 amide bonds. The van der Waals surface area contributed by atoms with Gasteiger partial charge in [-0.3, -0.25) is 19.2 Å². The highest BCUT2D eigenvalue weighted by Gasteiger charge is 2.40. The topological polar surface area (TPSA) is 64.4 Å². The van der Waals surface area contributed by atoms with Crippen molar-refractivity contribution in [1.82, 2.24) is 14.7 Å². The number of likely N-dealkylation sites (tertiary alicyclic amines) is 1. The Morgan fingerprint density at radius 1 is 1.29 bits per heavy atom. The van der Waals surface area contributed by atoms with Gasteiger partial charge in [-0.1, -0.05) is 24.3 Å². The van der Waals surface area contributed by atoms with Gasteiger partial charge in [-0.05, 0) is 44.2 Å². The van der Waals surface area contributed by atoms with Crippen molar-refractivity contribution in [2.24, 2.45) is 5.92 Å². The molecular formula is C26H32FN3O3S. The van der Waals surface area contributed by atoms with Crippen LogP contribution >= 0.6 is 12.6 Å². The predicted molar refractivity (Wildman–Crippen MR) is 132 cm³/mol. The first kappa shape index (κ1) is 24.7. The fourth-order valence-electron chi connectivity index (χ4n) is 4.48. The van der Waals surface area contributed by atoms with Crippen LogP contribution in [0.2, 0.25) is 0 Å². The third-order valence-corrected chi connectivity index (χ3v) is 6.99. The number of carbonyl (C=O) groups excluding carboxylic acids is 2. The molecule has 0 spiro atoms. The highest BCUT2D eigenvalue weighted by Crippen LogP contribution is 2.39. The zero-order chi connectivity index (χ0) is 24.1. The third-order valence-electron chi connectivity index (χ3n) is 6.40. The van der Waals surface area contributed by atoms with Crippen LogP contribution in [0.4, 0.5) is 4.39 Å². The van der Waals surface area contributed by atoms with Crippen LogP contribution in [0, 0.1) is 11.7 Å². The maximum Gasteiger partial charge on any atom is 0.305 e. The molecule has 182 valence electrons. The van der Waals surface area contributed by atoms with E-state index in [1.165, 1.54) is 6.07 Å². The van der Waals surface area contributed by atoms with E-state index in [-0.39, 0.29) is 28.7 Å². The number of benzene rings is 1. The minimum Gasteiger partial charge on any atom is -0.466 e. The second-order valence-corrected chi connectivity index (χ2v) is 9.66. The molecule has 4 rings (SSSR count). The lowest BCUT2D eigenvalue weighted by atomic mass is 9.93. The molecule has 6 nitrogen and oxygen atoms in total. The van der Waals surface area contributed by atoms with Crippen LogP contribution in [0.5, 0.6) is 0 Å². The Kier molecular flexibility index (Phi) is 8.21. The van der Waals surface area contributed by atoms with Crippen molar-refractivity contribution in [2.45, 2.75) is 56.9 Å². The number of hydrogen-bond donors (Lipinski definition) is 1. The Bertz CT molecular complexity index is 1050. The number of thiol groups is 1. The number of hydrogen-bond acceptors (Lipinski definition) is 6. The minimum atomic E-state index is -0.566. The van der Waals surface area contributed by atoms with Crippen LogP contribution < -0.4 is 0 Å². The largest absolute Gasteiger partial charge is 0.466 e. The Balaban J connectivity index is 1.47. The van der Waals surface area contributed by atoms with Gasteiger partial charge in [0.15, 0.2) is 5.78 Å². The second kappa shape index (κ2) is 11.3. The summed E-state index contributed by atoms with van der Waals surface area (Å²) in [6, 6.07) is 6.05. The molecule has 0 N–H and O–H groups in total. The molecule has 0 radical (unpaired) electrons. The Morgan fingerprint density at radius 3 is 2.82 bits per heavy atom. The third kappa shape index (κ3) is 6.16. The molecule has 1 saturated heterocycles. The lowest BCUT2D eigenvalue weighted by Crippen LogP contribution is -2.42. The summed E-state index contributed by atoms with van der Waals surface area (Å²) in [7, 11) is 0. The summed E-state index contributed by atoms with van der Waals surface area (Å²) in [4.78, 5) is 26.8. The Hall–Kier alpha value is -2.45. The summed E-state index contributed by atoms with van der Waals surface area (Å²) >= 11 is 4.78. The number of nitrogens with zero attached hydrogens (tertiary/aromatic N) is 3. The standard InChI is InChI=1S/C26H32FN3O3S/c1-2-33-24(31)8-5-12-30-16-18(15-28-30)14-20-17-29(13-11-23(20)34)25(26(32)19-9-10-19)21-6-3-4-7-22(21)27/h3-4,6-7,14-16,19,23,25,34H,2,5,8-13,17H2,1H3/b20-14-. The maximum absolute atomic E-state index is 14.7. The number of carbonyl (C=O) groups is 2. The number of ether oxygens (including phenoxy) is 1. The molecule has 1 aliphatic carbocycles. The van der Waals surface area contributed by atoms with E-state index in [4.69, 9.17) is 17.4 Å². The summed E-state index contributed by atoms with van der Waals surface area (Å²) in [5.41, 5.74) is 2.50. The van der Waals surface area contributed by atoms with E-state index in [0.717, 1.165) is 30.4 Å². The smallest absolute Gasteiger partial charge is 0.305 e. The quantitative estimate of drug-likeness (QED) is 0.397. The molecule has 2 atom stereocenters. The molecule has 2 heterocycles. The summed E-state index contributed by atoms with van der Waals surface area (Å²) in [6.07, 6.45) is 9.40. The molecule has 1 aromatic carbocycles. The molecule has 34 heavy (non-hydrogen) atoms. The lowest BCUT2D eigenvalue weighted by molar-refractivity contribution is -0.143.